The minimum atomic E-state index is -0.231. The quantitative estimate of drug-likeness (QED) is 0.455. The number of aryl methyl sites for hydroxylation is 2. The van der Waals surface area contributed by atoms with E-state index in [1.807, 2.05) is 6.20 Å². The molecule has 0 aliphatic rings. The molecule has 0 amide bonds. The molecule has 2 heterocycles. The van der Waals surface area contributed by atoms with Crippen LogP contribution in [0.15, 0.2) is 71.1 Å². The maximum absolute atomic E-state index is 13.2. The summed E-state index contributed by atoms with van der Waals surface area (Å²) in [6, 6.07) is 15.0. The van der Waals surface area contributed by atoms with Crippen LogP contribution in [0.25, 0.3) is 0 Å². The summed E-state index contributed by atoms with van der Waals surface area (Å²) in [6.07, 6.45) is 6.02. The van der Waals surface area contributed by atoms with E-state index in [2.05, 4.69) is 55.9 Å². The lowest BCUT2D eigenvalue weighted by Gasteiger charge is -2.10. The number of hydrogen-bond donors (Lipinski definition) is 1. The molecule has 0 unspecified atom stereocenters. The van der Waals surface area contributed by atoms with Crippen LogP contribution >= 0.6 is 11.8 Å². The van der Waals surface area contributed by atoms with Crippen LogP contribution < -0.4 is 0 Å². The van der Waals surface area contributed by atoms with Gasteiger partial charge in [0.15, 0.2) is 5.16 Å². The van der Waals surface area contributed by atoms with Crippen LogP contribution in [0.3, 0.4) is 0 Å². The number of benzene rings is 2. The van der Waals surface area contributed by atoms with Gasteiger partial charge in [-0.2, -0.15) is 0 Å². The normalized spacial score (nSPS) is 11.1. The van der Waals surface area contributed by atoms with Crippen LogP contribution in [-0.2, 0) is 19.4 Å². The summed E-state index contributed by atoms with van der Waals surface area (Å²) in [5.41, 5.74) is 3.36. The Morgan fingerprint density at radius 2 is 1.83 bits per heavy atom. The molecule has 0 bridgehead atoms. The van der Waals surface area contributed by atoms with Gasteiger partial charge in [0.25, 0.3) is 0 Å². The lowest BCUT2D eigenvalue weighted by Crippen LogP contribution is -2.07. The molecule has 4 rings (SSSR count). The Morgan fingerprint density at radius 3 is 2.55 bits per heavy atom. The molecule has 148 valence electrons. The van der Waals surface area contributed by atoms with Gasteiger partial charge in [-0.1, -0.05) is 29.8 Å². The second kappa shape index (κ2) is 9.05. The van der Waals surface area contributed by atoms with Crippen LogP contribution in [-0.4, -0.2) is 24.7 Å². The minimum absolute atomic E-state index is 0.231. The Balaban J connectivity index is 1.54. The molecule has 5 nitrogen and oxygen atoms in total. The third-order valence-electron chi connectivity index (χ3n) is 4.68. The second-order valence-corrected chi connectivity index (χ2v) is 7.99. The van der Waals surface area contributed by atoms with Crippen molar-refractivity contribution in [3.63, 3.8) is 0 Å². The van der Waals surface area contributed by atoms with Gasteiger partial charge in [0, 0.05) is 29.8 Å². The van der Waals surface area contributed by atoms with Gasteiger partial charge in [-0.25, -0.2) is 9.37 Å². The van der Waals surface area contributed by atoms with E-state index in [1.165, 1.54) is 17.7 Å². The molecule has 1 N–H and O–H groups in total. The van der Waals surface area contributed by atoms with Crippen molar-refractivity contribution in [2.75, 3.05) is 0 Å². The van der Waals surface area contributed by atoms with E-state index in [1.54, 1.807) is 30.2 Å². The fraction of sp³-hybridized carbons (Fsp3) is 0.227. The summed E-state index contributed by atoms with van der Waals surface area (Å²) in [6.45, 7) is 2.88. The molecule has 0 atom stereocenters. The van der Waals surface area contributed by atoms with Gasteiger partial charge in [0.1, 0.15) is 11.6 Å². The van der Waals surface area contributed by atoms with E-state index in [0.717, 1.165) is 46.5 Å². The van der Waals surface area contributed by atoms with Crippen LogP contribution in [0, 0.1) is 12.7 Å². The van der Waals surface area contributed by atoms with Crippen LogP contribution in [0.4, 0.5) is 4.39 Å². The fourth-order valence-electron chi connectivity index (χ4n) is 3.10. The van der Waals surface area contributed by atoms with Crippen LogP contribution in [0.1, 0.15) is 29.1 Å². The van der Waals surface area contributed by atoms with Crippen molar-refractivity contribution in [1.29, 1.82) is 0 Å². The number of nitrogens with zero attached hydrogens (tertiary/aromatic N) is 4. The number of imidazole rings is 1. The summed E-state index contributed by atoms with van der Waals surface area (Å²) in [5, 5.41) is 9.76. The first-order valence-electron chi connectivity index (χ1n) is 9.56. The molecule has 0 radical (unpaired) electrons. The number of hydrogen-bond acceptors (Lipinski definition) is 4. The molecule has 0 spiro atoms. The number of halogens is 1. The molecule has 0 saturated heterocycles. The van der Waals surface area contributed by atoms with Crippen molar-refractivity contribution in [2.45, 2.75) is 42.8 Å². The topological polar surface area (TPSA) is 59.4 Å². The Labute approximate surface area is 173 Å². The molecule has 0 aliphatic carbocycles. The zero-order chi connectivity index (χ0) is 20.1. The monoisotopic (exact) mass is 407 g/mol. The Kier molecular flexibility index (Phi) is 6.05. The lowest BCUT2D eigenvalue weighted by atomic mass is 10.1. The Morgan fingerprint density at radius 1 is 1.03 bits per heavy atom. The first-order chi connectivity index (χ1) is 14.2. The average molecular weight is 408 g/mol. The van der Waals surface area contributed by atoms with Gasteiger partial charge in [-0.15, -0.1) is 10.2 Å². The largest absolute Gasteiger partial charge is 0.348 e. The zero-order valence-corrected chi connectivity index (χ0v) is 17.0. The molecular weight excluding hydrogens is 385 g/mol. The first kappa shape index (κ1) is 19.4. The molecular formula is C22H22FN5S. The maximum Gasteiger partial charge on any atom is 0.196 e. The molecule has 7 heteroatoms. The lowest BCUT2D eigenvalue weighted by molar-refractivity contribution is 0.572. The van der Waals surface area contributed by atoms with Gasteiger partial charge in [-0.3, -0.25) is 0 Å². The molecule has 0 fully saturated rings. The summed E-state index contributed by atoms with van der Waals surface area (Å²) < 4.78 is 15.4. The highest BCUT2D eigenvalue weighted by atomic mass is 32.2. The molecule has 2 aromatic heterocycles. The van der Waals surface area contributed by atoms with Crippen molar-refractivity contribution >= 4 is 11.8 Å². The average Bonchev–Trinajstić information content (AvgIpc) is 3.37. The summed E-state index contributed by atoms with van der Waals surface area (Å²) in [4.78, 5) is 8.35. The summed E-state index contributed by atoms with van der Waals surface area (Å²) in [7, 11) is 0. The highest BCUT2D eigenvalue weighted by Crippen LogP contribution is 2.28. The molecule has 29 heavy (non-hydrogen) atoms. The van der Waals surface area contributed by atoms with Gasteiger partial charge >= 0.3 is 0 Å². The van der Waals surface area contributed by atoms with Gasteiger partial charge in [0.05, 0.1) is 6.33 Å². The van der Waals surface area contributed by atoms with Gasteiger partial charge < -0.3 is 9.55 Å². The van der Waals surface area contributed by atoms with E-state index < -0.39 is 0 Å². The number of nitrogens with one attached hydrogen (secondary N) is 1. The summed E-state index contributed by atoms with van der Waals surface area (Å²) in [5.74, 6) is 0.654. The molecule has 0 aliphatic heterocycles. The third kappa shape index (κ3) is 5.12. The van der Waals surface area contributed by atoms with Crippen LogP contribution in [0.2, 0.25) is 0 Å². The number of H-pyrrole nitrogens is 1. The van der Waals surface area contributed by atoms with E-state index in [0.29, 0.717) is 6.42 Å². The first-order valence-corrected chi connectivity index (χ1v) is 10.4. The predicted molar refractivity (Wildman–Crippen MR) is 111 cm³/mol. The fourth-order valence-corrected chi connectivity index (χ4v) is 3.97. The Bertz CT molecular complexity index is 975. The smallest absolute Gasteiger partial charge is 0.196 e. The van der Waals surface area contributed by atoms with Crippen molar-refractivity contribution in [2.24, 2.45) is 0 Å². The standard InChI is InChI=1S/C22H22FN5S/c1-16-4-10-20(11-5-16)29-22-27-26-21(13-17-6-8-18(23)9-7-17)28(22)12-2-3-19-14-24-15-25-19/h4-11,14-15H,2-3,12-13H2,1H3,(H,24,25). The predicted octanol–water partition coefficient (Wildman–Crippen LogP) is 4.82. The van der Waals surface area contributed by atoms with E-state index in [-0.39, 0.29) is 5.82 Å². The second-order valence-electron chi connectivity index (χ2n) is 6.95. The van der Waals surface area contributed by atoms with Crippen molar-refractivity contribution in [3.05, 3.63) is 89.5 Å². The highest BCUT2D eigenvalue weighted by molar-refractivity contribution is 7.99. The van der Waals surface area contributed by atoms with Crippen molar-refractivity contribution in [3.8, 4) is 0 Å². The van der Waals surface area contributed by atoms with Crippen LogP contribution in [0.5, 0.6) is 0 Å². The van der Waals surface area contributed by atoms with Crippen molar-refractivity contribution in [1.82, 2.24) is 24.7 Å². The molecule has 4 aromatic rings. The number of rotatable bonds is 8. The van der Waals surface area contributed by atoms with Crippen molar-refractivity contribution < 1.29 is 4.39 Å². The van der Waals surface area contributed by atoms with E-state index in [9.17, 15) is 4.39 Å². The number of aromatic amines is 1. The van der Waals surface area contributed by atoms with E-state index in [4.69, 9.17) is 0 Å². The Hall–Kier alpha value is -2.93. The number of aromatic nitrogens is 5. The zero-order valence-electron chi connectivity index (χ0n) is 16.2. The molecule has 0 saturated carbocycles. The summed E-state index contributed by atoms with van der Waals surface area (Å²) >= 11 is 1.61. The minimum Gasteiger partial charge on any atom is -0.348 e. The van der Waals surface area contributed by atoms with Gasteiger partial charge in [-0.05, 0) is 61.4 Å². The highest BCUT2D eigenvalue weighted by Gasteiger charge is 2.14. The van der Waals surface area contributed by atoms with Gasteiger partial charge in [0.2, 0.25) is 0 Å². The molecule has 2 aromatic carbocycles. The SMILES string of the molecule is Cc1ccc(Sc2nnc(Cc3ccc(F)cc3)n2CCCc2cnc[nH]2)cc1. The third-order valence-corrected chi connectivity index (χ3v) is 5.67. The van der Waals surface area contributed by atoms with E-state index >= 15 is 0 Å². The maximum atomic E-state index is 13.2.